The van der Waals surface area contributed by atoms with Gasteiger partial charge in [-0.05, 0) is 32.1 Å². The minimum absolute atomic E-state index is 0.0986. The minimum Gasteiger partial charge on any atom is -0.463 e. The predicted octanol–water partition coefficient (Wildman–Crippen LogP) is 3.86. The van der Waals surface area contributed by atoms with Crippen molar-refractivity contribution < 1.29 is 9.53 Å². The monoisotopic (exact) mass is 224 g/mol. The quantitative estimate of drug-likeness (QED) is 0.485. The Morgan fingerprint density at radius 2 is 2.19 bits per heavy atom. The maximum atomic E-state index is 11.5. The third-order valence-electron chi connectivity index (χ3n) is 3.19. The molecule has 1 aliphatic carbocycles. The Labute approximate surface area is 99.1 Å². The summed E-state index contributed by atoms with van der Waals surface area (Å²) in [4.78, 5) is 11.5. The Kier molecular flexibility index (Phi) is 6.20. The van der Waals surface area contributed by atoms with Crippen molar-refractivity contribution in [1.82, 2.24) is 0 Å². The molecule has 1 unspecified atom stereocenters. The number of hydrogen-bond acceptors (Lipinski definition) is 2. The maximum absolute atomic E-state index is 11.5. The Morgan fingerprint density at radius 1 is 1.38 bits per heavy atom. The van der Waals surface area contributed by atoms with Crippen LogP contribution in [-0.2, 0) is 9.53 Å². The second-order valence-corrected chi connectivity index (χ2v) is 4.56. The SMILES string of the molecule is CCCCCCC1C=C(C(=O)OCC)CC1. The topological polar surface area (TPSA) is 26.3 Å². The lowest BCUT2D eigenvalue weighted by atomic mass is 10.0. The van der Waals surface area contributed by atoms with Gasteiger partial charge in [0.2, 0.25) is 0 Å². The van der Waals surface area contributed by atoms with Gasteiger partial charge in [0.1, 0.15) is 0 Å². The lowest BCUT2D eigenvalue weighted by Crippen LogP contribution is -2.05. The molecule has 0 amide bonds. The molecule has 16 heavy (non-hydrogen) atoms. The highest BCUT2D eigenvalue weighted by molar-refractivity contribution is 5.88. The van der Waals surface area contributed by atoms with Crippen LogP contribution in [0.2, 0.25) is 0 Å². The van der Waals surface area contributed by atoms with E-state index in [0.717, 1.165) is 18.4 Å². The summed E-state index contributed by atoms with van der Waals surface area (Å²) in [7, 11) is 0. The Bertz CT molecular complexity index is 243. The van der Waals surface area contributed by atoms with Crippen molar-refractivity contribution in [2.45, 2.75) is 58.8 Å². The number of carbonyl (C=O) groups excluding carboxylic acids is 1. The molecule has 0 aliphatic heterocycles. The lowest BCUT2D eigenvalue weighted by molar-refractivity contribution is -0.138. The van der Waals surface area contributed by atoms with Gasteiger partial charge in [0.05, 0.1) is 6.61 Å². The summed E-state index contributed by atoms with van der Waals surface area (Å²) < 4.78 is 5.01. The van der Waals surface area contributed by atoms with Crippen molar-refractivity contribution in [3.05, 3.63) is 11.6 Å². The fourth-order valence-electron chi connectivity index (χ4n) is 2.25. The molecule has 0 fully saturated rings. The van der Waals surface area contributed by atoms with Crippen LogP contribution in [0.4, 0.5) is 0 Å². The molecule has 0 heterocycles. The molecule has 0 radical (unpaired) electrons. The van der Waals surface area contributed by atoms with Gasteiger partial charge in [0.25, 0.3) is 0 Å². The van der Waals surface area contributed by atoms with E-state index in [9.17, 15) is 4.79 Å². The van der Waals surface area contributed by atoms with E-state index in [1.165, 1.54) is 32.1 Å². The van der Waals surface area contributed by atoms with Crippen molar-refractivity contribution in [3.63, 3.8) is 0 Å². The first-order valence-electron chi connectivity index (χ1n) is 6.65. The van der Waals surface area contributed by atoms with Crippen molar-refractivity contribution in [2.75, 3.05) is 6.61 Å². The van der Waals surface area contributed by atoms with Gasteiger partial charge < -0.3 is 4.74 Å². The number of ether oxygens (including phenoxy) is 1. The van der Waals surface area contributed by atoms with E-state index in [4.69, 9.17) is 4.74 Å². The van der Waals surface area contributed by atoms with Crippen molar-refractivity contribution in [1.29, 1.82) is 0 Å². The smallest absolute Gasteiger partial charge is 0.333 e. The first-order valence-corrected chi connectivity index (χ1v) is 6.65. The van der Waals surface area contributed by atoms with Gasteiger partial charge in [0, 0.05) is 5.57 Å². The number of esters is 1. The molecule has 0 spiro atoms. The van der Waals surface area contributed by atoms with Crippen molar-refractivity contribution >= 4 is 5.97 Å². The first-order chi connectivity index (χ1) is 7.77. The van der Waals surface area contributed by atoms with Crippen LogP contribution in [0.3, 0.4) is 0 Å². The molecule has 1 aliphatic rings. The van der Waals surface area contributed by atoms with Crippen LogP contribution in [0.1, 0.15) is 58.8 Å². The van der Waals surface area contributed by atoms with Gasteiger partial charge in [-0.2, -0.15) is 0 Å². The zero-order chi connectivity index (χ0) is 11.8. The molecule has 92 valence electrons. The molecular formula is C14H24O2. The Hall–Kier alpha value is -0.790. The van der Waals surface area contributed by atoms with E-state index in [1.807, 2.05) is 6.92 Å². The third-order valence-corrected chi connectivity index (χ3v) is 3.19. The fourth-order valence-corrected chi connectivity index (χ4v) is 2.25. The molecule has 0 N–H and O–H groups in total. The van der Waals surface area contributed by atoms with Crippen LogP contribution in [0.25, 0.3) is 0 Å². The van der Waals surface area contributed by atoms with Gasteiger partial charge >= 0.3 is 5.97 Å². The molecule has 1 rings (SSSR count). The molecule has 0 bridgehead atoms. The lowest BCUT2D eigenvalue weighted by Gasteiger charge is -2.05. The van der Waals surface area contributed by atoms with Crippen LogP contribution in [-0.4, -0.2) is 12.6 Å². The van der Waals surface area contributed by atoms with Gasteiger partial charge in [-0.15, -0.1) is 0 Å². The molecule has 0 saturated carbocycles. The second-order valence-electron chi connectivity index (χ2n) is 4.56. The van der Waals surface area contributed by atoms with Gasteiger partial charge in [-0.1, -0.05) is 38.7 Å². The summed E-state index contributed by atoms with van der Waals surface area (Å²) in [6.45, 7) is 4.57. The normalized spacial score (nSPS) is 19.6. The van der Waals surface area contributed by atoms with Crippen molar-refractivity contribution in [3.8, 4) is 0 Å². The van der Waals surface area contributed by atoms with Crippen LogP contribution in [0.15, 0.2) is 11.6 Å². The maximum Gasteiger partial charge on any atom is 0.333 e. The van der Waals surface area contributed by atoms with E-state index in [2.05, 4.69) is 13.0 Å². The number of carbonyl (C=O) groups is 1. The molecule has 2 heteroatoms. The molecule has 0 aromatic carbocycles. The van der Waals surface area contributed by atoms with Gasteiger partial charge in [-0.3, -0.25) is 0 Å². The molecular weight excluding hydrogens is 200 g/mol. The van der Waals surface area contributed by atoms with E-state index in [-0.39, 0.29) is 5.97 Å². The minimum atomic E-state index is -0.0986. The molecule has 0 aromatic rings. The summed E-state index contributed by atoms with van der Waals surface area (Å²) in [6.07, 6.45) is 10.7. The zero-order valence-electron chi connectivity index (χ0n) is 10.6. The molecule has 2 nitrogen and oxygen atoms in total. The van der Waals surface area contributed by atoms with E-state index in [1.54, 1.807) is 0 Å². The zero-order valence-corrected chi connectivity index (χ0v) is 10.6. The fraction of sp³-hybridized carbons (Fsp3) is 0.786. The summed E-state index contributed by atoms with van der Waals surface area (Å²) in [5.74, 6) is 0.523. The standard InChI is InChI=1S/C14H24O2/c1-3-5-6-7-8-12-9-10-13(11-12)14(15)16-4-2/h11-12H,3-10H2,1-2H3. The predicted molar refractivity (Wildman–Crippen MR) is 66.2 cm³/mol. The van der Waals surface area contributed by atoms with Gasteiger partial charge in [-0.25, -0.2) is 4.79 Å². The average molecular weight is 224 g/mol. The highest BCUT2D eigenvalue weighted by atomic mass is 16.5. The van der Waals surface area contributed by atoms with Crippen LogP contribution in [0, 0.1) is 5.92 Å². The summed E-state index contributed by atoms with van der Waals surface area (Å²) in [5, 5.41) is 0. The molecule has 0 aromatic heterocycles. The Balaban J connectivity index is 2.23. The van der Waals surface area contributed by atoms with E-state index < -0.39 is 0 Å². The van der Waals surface area contributed by atoms with Crippen LogP contribution < -0.4 is 0 Å². The molecule has 0 saturated heterocycles. The number of rotatable bonds is 7. The van der Waals surface area contributed by atoms with Crippen LogP contribution >= 0.6 is 0 Å². The highest BCUT2D eigenvalue weighted by Gasteiger charge is 2.20. The van der Waals surface area contributed by atoms with Crippen molar-refractivity contribution in [2.24, 2.45) is 5.92 Å². The third kappa shape index (κ3) is 4.38. The number of allylic oxidation sites excluding steroid dienone is 1. The second kappa shape index (κ2) is 7.48. The van der Waals surface area contributed by atoms with E-state index >= 15 is 0 Å². The molecule has 1 atom stereocenters. The summed E-state index contributed by atoms with van der Waals surface area (Å²) in [5.41, 5.74) is 0.905. The number of unbranched alkanes of at least 4 members (excludes halogenated alkanes) is 3. The summed E-state index contributed by atoms with van der Waals surface area (Å²) >= 11 is 0. The largest absolute Gasteiger partial charge is 0.463 e. The Morgan fingerprint density at radius 3 is 2.88 bits per heavy atom. The number of hydrogen-bond donors (Lipinski definition) is 0. The average Bonchev–Trinajstić information content (AvgIpc) is 2.73. The first kappa shape index (κ1) is 13.3. The van der Waals surface area contributed by atoms with Gasteiger partial charge in [0.15, 0.2) is 0 Å². The van der Waals surface area contributed by atoms with E-state index in [0.29, 0.717) is 12.5 Å². The highest BCUT2D eigenvalue weighted by Crippen LogP contribution is 2.29. The van der Waals surface area contributed by atoms with Crippen LogP contribution in [0.5, 0.6) is 0 Å². The summed E-state index contributed by atoms with van der Waals surface area (Å²) in [6, 6.07) is 0.